The molecule has 0 saturated carbocycles. The van der Waals surface area contributed by atoms with E-state index in [0.29, 0.717) is 5.75 Å². The van der Waals surface area contributed by atoms with Crippen LogP contribution < -0.4 is 4.74 Å². The van der Waals surface area contributed by atoms with Crippen molar-refractivity contribution in [2.75, 3.05) is 13.2 Å². The number of aliphatic hydroxyl groups excluding tert-OH is 1. The van der Waals surface area contributed by atoms with Crippen LogP contribution in [0.2, 0.25) is 0 Å². The van der Waals surface area contributed by atoms with Gasteiger partial charge in [-0.15, -0.1) is 0 Å². The number of hydrogen-bond acceptors (Lipinski definition) is 4. The van der Waals surface area contributed by atoms with Crippen LogP contribution in [-0.4, -0.2) is 37.1 Å². The highest BCUT2D eigenvalue weighted by molar-refractivity contribution is 7.89. The largest absolute Gasteiger partial charge is 0.491 e. The van der Waals surface area contributed by atoms with Gasteiger partial charge in [0.25, 0.3) is 0 Å². The van der Waals surface area contributed by atoms with Crippen LogP contribution in [0.1, 0.15) is 5.56 Å². The highest BCUT2D eigenvalue weighted by Gasteiger charge is 2.27. The summed E-state index contributed by atoms with van der Waals surface area (Å²) >= 11 is 0. The van der Waals surface area contributed by atoms with Crippen LogP contribution in [0.4, 0.5) is 4.39 Å². The fourth-order valence-electron chi connectivity index (χ4n) is 2.79. The summed E-state index contributed by atoms with van der Waals surface area (Å²) in [4.78, 5) is 0.155. The standard InChI is InChI=1S/C22H22FNO4S/c23-19-11-13-21(14-12-19)28-17-20(25)16-24(15-18-7-3-1-4-8-18)29(26,27)22-9-5-2-6-10-22/h1-14,20,25H,15-17H2/t20-/m0/s1. The maximum Gasteiger partial charge on any atom is 0.243 e. The summed E-state index contributed by atoms with van der Waals surface area (Å²) < 4.78 is 45.9. The van der Waals surface area contributed by atoms with Crippen LogP contribution in [0, 0.1) is 5.82 Å². The Bertz CT molecular complexity index is 996. The Balaban J connectivity index is 1.74. The molecule has 3 rings (SSSR count). The van der Waals surface area contributed by atoms with Crippen molar-refractivity contribution in [3.63, 3.8) is 0 Å². The molecule has 0 unspecified atom stereocenters. The van der Waals surface area contributed by atoms with E-state index in [9.17, 15) is 17.9 Å². The quantitative estimate of drug-likeness (QED) is 0.581. The second-order valence-corrected chi connectivity index (χ2v) is 8.45. The van der Waals surface area contributed by atoms with Crippen molar-refractivity contribution in [1.82, 2.24) is 4.31 Å². The molecule has 1 atom stereocenters. The first kappa shape index (κ1) is 21.0. The van der Waals surface area contributed by atoms with Gasteiger partial charge < -0.3 is 9.84 Å². The van der Waals surface area contributed by atoms with Gasteiger partial charge in [-0.1, -0.05) is 48.5 Å². The summed E-state index contributed by atoms with van der Waals surface area (Å²) in [5, 5.41) is 10.4. The Hall–Kier alpha value is -2.74. The zero-order valence-corrected chi connectivity index (χ0v) is 16.5. The molecule has 0 bridgehead atoms. The predicted molar refractivity (Wildman–Crippen MR) is 108 cm³/mol. The lowest BCUT2D eigenvalue weighted by atomic mass is 10.2. The summed E-state index contributed by atoms with van der Waals surface area (Å²) in [7, 11) is -3.81. The van der Waals surface area contributed by atoms with Crippen LogP contribution >= 0.6 is 0 Å². The smallest absolute Gasteiger partial charge is 0.243 e. The molecule has 29 heavy (non-hydrogen) atoms. The zero-order valence-electron chi connectivity index (χ0n) is 15.7. The lowest BCUT2D eigenvalue weighted by Gasteiger charge is -2.25. The Labute approximate surface area is 170 Å². The molecule has 0 spiro atoms. The molecular formula is C22H22FNO4S. The van der Waals surface area contributed by atoms with Gasteiger partial charge in [0.2, 0.25) is 10.0 Å². The summed E-state index contributed by atoms with van der Waals surface area (Å²) in [5.41, 5.74) is 0.804. The Morgan fingerprint density at radius 1 is 0.897 bits per heavy atom. The van der Waals surface area contributed by atoms with E-state index in [-0.39, 0.29) is 30.4 Å². The fourth-order valence-corrected chi connectivity index (χ4v) is 4.27. The van der Waals surface area contributed by atoms with Gasteiger partial charge in [-0.05, 0) is 42.0 Å². The number of nitrogens with zero attached hydrogens (tertiary/aromatic N) is 1. The molecule has 0 amide bonds. The number of rotatable bonds is 9. The summed E-state index contributed by atoms with van der Waals surface area (Å²) in [6, 6.07) is 22.7. The van der Waals surface area contributed by atoms with E-state index in [1.165, 1.54) is 40.7 Å². The summed E-state index contributed by atoms with van der Waals surface area (Å²) in [5.74, 6) is 0.00636. The highest BCUT2D eigenvalue weighted by Crippen LogP contribution is 2.19. The van der Waals surface area contributed by atoms with Crippen LogP contribution in [0.3, 0.4) is 0 Å². The third kappa shape index (κ3) is 5.87. The highest BCUT2D eigenvalue weighted by atomic mass is 32.2. The number of ether oxygens (including phenoxy) is 1. The molecular weight excluding hydrogens is 393 g/mol. The second kappa shape index (κ2) is 9.65. The maximum atomic E-state index is 13.1. The second-order valence-electron chi connectivity index (χ2n) is 6.51. The lowest BCUT2D eigenvalue weighted by molar-refractivity contribution is 0.0880. The van der Waals surface area contributed by atoms with E-state index in [1.807, 2.05) is 30.3 Å². The minimum atomic E-state index is -3.81. The monoisotopic (exact) mass is 415 g/mol. The molecule has 5 nitrogen and oxygen atoms in total. The van der Waals surface area contributed by atoms with E-state index < -0.39 is 16.1 Å². The average Bonchev–Trinajstić information content (AvgIpc) is 2.74. The van der Waals surface area contributed by atoms with E-state index >= 15 is 0 Å². The van der Waals surface area contributed by atoms with Crippen LogP contribution in [0.25, 0.3) is 0 Å². The normalized spacial score (nSPS) is 12.7. The molecule has 0 heterocycles. The van der Waals surface area contributed by atoms with Crippen molar-refractivity contribution in [2.24, 2.45) is 0 Å². The minimum absolute atomic E-state index is 0.117. The topological polar surface area (TPSA) is 66.8 Å². The zero-order chi connectivity index (χ0) is 20.7. The first-order chi connectivity index (χ1) is 13.9. The number of benzene rings is 3. The molecule has 0 radical (unpaired) electrons. The minimum Gasteiger partial charge on any atom is -0.491 e. The molecule has 1 N–H and O–H groups in total. The predicted octanol–water partition coefficient (Wildman–Crippen LogP) is 3.46. The van der Waals surface area contributed by atoms with E-state index in [4.69, 9.17) is 4.74 Å². The molecule has 0 aromatic heterocycles. The summed E-state index contributed by atoms with van der Waals surface area (Å²) in [6.45, 7) is -0.153. The van der Waals surface area contributed by atoms with Crippen molar-refractivity contribution >= 4 is 10.0 Å². The Morgan fingerprint density at radius 3 is 2.10 bits per heavy atom. The van der Waals surface area contributed by atoms with Crippen molar-refractivity contribution < 1.29 is 22.7 Å². The third-order valence-electron chi connectivity index (χ3n) is 4.25. The van der Waals surface area contributed by atoms with E-state index in [0.717, 1.165) is 5.56 Å². The van der Waals surface area contributed by atoms with Gasteiger partial charge in [-0.25, -0.2) is 12.8 Å². The van der Waals surface area contributed by atoms with Gasteiger partial charge >= 0.3 is 0 Å². The maximum absolute atomic E-state index is 13.1. The number of sulfonamides is 1. The van der Waals surface area contributed by atoms with Gasteiger partial charge in [-0.2, -0.15) is 4.31 Å². The lowest BCUT2D eigenvalue weighted by Crippen LogP contribution is -2.39. The van der Waals surface area contributed by atoms with Crippen molar-refractivity contribution in [1.29, 1.82) is 0 Å². The SMILES string of the molecule is O=S(=O)(c1ccccc1)N(Cc1ccccc1)C[C@H](O)COc1ccc(F)cc1. The molecule has 0 fully saturated rings. The first-order valence-electron chi connectivity index (χ1n) is 9.11. The molecule has 0 saturated heterocycles. The van der Waals surface area contributed by atoms with Gasteiger partial charge in [0.05, 0.1) is 4.90 Å². The van der Waals surface area contributed by atoms with Crippen LogP contribution in [0.5, 0.6) is 5.75 Å². The number of hydrogen-bond donors (Lipinski definition) is 1. The first-order valence-corrected chi connectivity index (χ1v) is 10.5. The summed E-state index contributed by atoms with van der Waals surface area (Å²) in [6.07, 6.45) is -1.07. The number of aliphatic hydroxyl groups is 1. The molecule has 0 aliphatic heterocycles. The van der Waals surface area contributed by atoms with Crippen molar-refractivity contribution in [3.8, 4) is 5.75 Å². The average molecular weight is 415 g/mol. The third-order valence-corrected chi connectivity index (χ3v) is 6.08. The van der Waals surface area contributed by atoms with Crippen LogP contribution in [0.15, 0.2) is 89.8 Å². The molecule has 0 aliphatic rings. The van der Waals surface area contributed by atoms with Crippen molar-refractivity contribution in [3.05, 3.63) is 96.3 Å². The molecule has 0 aliphatic carbocycles. The molecule has 3 aromatic carbocycles. The van der Waals surface area contributed by atoms with Crippen LogP contribution in [-0.2, 0) is 16.6 Å². The van der Waals surface area contributed by atoms with E-state index in [2.05, 4.69) is 0 Å². The van der Waals surface area contributed by atoms with Gasteiger partial charge in [0.1, 0.15) is 24.3 Å². The Kier molecular flexibility index (Phi) is 6.98. The van der Waals surface area contributed by atoms with Gasteiger partial charge in [-0.3, -0.25) is 0 Å². The van der Waals surface area contributed by atoms with E-state index in [1.54, 1.807) is 18.2 Å². The molecule has 3 aromatic rings. The number of halogens is 1. The molecule has 7 heteroatoms. The van der Waals surface area contributed by atoms with Crippen molar-refractivity contribution in [2.45, 2.75) is 17.5 Å². The molecule has 152 valence electrons. The Morgan fingerprint density at radius 2 is 1.48 bits per heavy atom. The fraction of sp³-hybridized carbons (Fsp3) is 0.182. The van der Waals surface area contributed by atoms with Gasteiger partial charge in [0.15, 0.2) is 0 Å². The van der Waals surface area contributed by atoms with Gasteiger partial charge in [0, 0.05) is 13.1 Å².